The summed E-state index contributed by atoms with van der Waals surface area (Å²) in [5.74, 6) is -1.35. The minimum Gasteiger partial charge on any atom is -0.444 e. The van der Waals surface area contributed by atoms with E-state index >= 15 is 0 Å². The van der Waals surface area contributed by atoms with Gasteiger partial charge < -0.3 is 15.4 Å². The molecule has 7 nitrogen and oxygen atoms in total. The molecule has 1 fully saturated rings. The summed E-state index contributed by atoms with van der Waals surface area (Å²) in [4.78, 5) is 41.3. The van der Waals surface area contributed by atoms with Gasteiger partial charge in [0, 0.05) is 29.6 Å². The Bertz CT molecular complexity index is 1100. The van der Waals surface area contributed by atoms with E-state index in [0.29, 0.717) is 10.5 Å². The highest BCUT2D eigenvalue weighted by Gasteiger charge is 2.35. The molecule has 0 aliphatic heterocycles. The number of alkyl carbamates (subject to hydrolysis) is 1. The lowest BCUT2D eigenvalue weighted by atomic mass is 9.94. The lowest BCUT2D eigenvalue weighted by Crippen LogP contribution is -2.48. The molecule has 0 heterocycles. The zero-order valence-electron chi connectivity index (χ0n) is 21.6. The van der Waals surface area contributed by atoms with Gasteiger partial charge in [0.25, 0.3) is 0 Å². The number of ether oxygens (including phenoxy) is 1. The standard InChI is InChI=1S/C28H36FN3O4S/c1-28(2,3)36-27(35)30-17-16-24(33)32(21-13-9-10-19(29)18-21)25(22-14-7-8-15-23(22)37)26(34)31-20-11-5-4-6-12-20/h7-10,13-15,18,20,25,37H,4-6,11-12,16-17H2,1-3H3,(H,30,35)(H,31,34). The first-order valence-electron chi connectivity index (χ1n) is 12.7. The van der Waals surface area contributed by atoms with Gasteiger partial charge in [0.15, 0.2) is 0 Å². The van der Waals surface area contributed by atoms with Crippen LogP contribution < -0.4 is 15.5 Å². The van der Waals surface area contributed by atoms with Gasteiger partial charge in [-0.05, 0) is 63.4 Å². The molecule has 37 heavy (non-hydrogen) atoms. The Morgan fingerprint density at radius 2 is 1.78 bits per heavy atom. The molecular weight excluding hydrogens is 493 g/mol. The van der Waals surface area contributed by atoms with Crippen LogP contribution in [0.3, 0.4) is 0 Å². The number of nitrogens with one attached hydrogen (secondary N) is 2. The number of nitrogens with zero attached hydrogens (tertiary/aromatic N) is 1. The number of thiol groups is 1. The van der Waals surface area contributed by atoms with Gasteiger partial charge in [-0.15, -0.1) is 12.6 Å². The van der Waals surface area contributed by atoms with Crippen LogP contribution in [0.1, 0.15) is 70.9 Å². The molecular formula is C28H36FN3O4S. The first kappa shape index (κ1) is 28.5. The second-order valence-corrected chi connectivity index (χ2v) is 10.7. The maximum Gasteiger partial charge on any atom is 0.407 e. The van der Waals surface area contributed by atoms with Crippen LogP contribution >= 0.6 is 12.6 Å². The third-order valence-electron chi connectivity index (χ3n) is 6.05. The first-order valence-corrected chi connectivity index (χ1v) is 13.1. The van der Waals surface area contributed by atoms with Gasteiger partial charge >= 0.3 is 6.09 Å². The van der Waals surface area contributed by atoms with Gasteiger partial charge in [0.05, 0.1) is 0 Å². The largest absolute Gasteiger partial charge is 0.444 e. The van der Waals surface area contributed by atoms with Crippen LogP contribution in [0.5, 0.6) is 0 Å². The fourth-order valence-corrected chi connectivity index (χ4v) is 4.70. The molecule has 3 amide bonds. The van der Waals surface area contributed by atoms with E-state index in [1.165, 1.54) is 23.1 Å². The highest BCUT2D eigenvalue weighted by Crippen LogP contribution is 2.33. The van der Waals surface area contributed by atoms with E-state index < -0.39 is 29.5 Å². The minimum absolute atomic E-state index is 0.00845. The van der Waals surface area contributed by atoms with Crippen LogP contribution in [0, 0.1) is 5.82 Å². The number of anilines is 1. The lowest BCUT2D eigenvalue weighted by molar-refractivity contribution is -0.127. The maximum absolute atomic E-state index is 14.3. The van der Waals surface area contributed by atoms with Crippen LogP contribution in [0.25, 0.3) is 0 Å². The predicted molar refractivity (Wildman–Crippen MR) is 144 cm³/mol. The Balaban J connectivity index is 1.93. The van der Waals surface area contributed by atoms with Crippen molar-refractivity contribution in [2.45, 2.75) is 81.9 Å². The predicted octanol–water partition coefficient (Wildman–Crippen LogP) is 5.55. The summed E-state index contributed by atoms with van der Waals surface area (Å²) in [7, 11) is 0. The van der Waals surface area contributed by atoms with Gasteiger partial charge in [0.2, 0.25) is 11.8 Å². The molecule has 9 heteroatoms. The quantitative estimate of drug-likeness (QED) is 0.391. The lowest BCUT2D eigenvalue weighted by Gasteiger charge is -2.34. The molecule has 0 bridgehead atoms. The van der Waals surface area contributed by atoms with E-state index in [1.54, 1.807) is 51.1 Å². The summed E-state index contributed by atoms with van der Waals surface area (Å²) in [6.07, 6.45) is 4.16. The Hall–Kier alpha value is -3.07. The maximum atomic E-state index is 14.3. The van der Waals surface area contributed by atoms with Crippen molar-refractivity contribution in [3.05, 3.63) is 59.9 Å². The highest BCUT2D eigenvalue weighted by atomic mass is 32.1. The molecule has 0 aromatic heterocycles. The Morgan fingerprint density at radius 3 is 2.43 bits per heavy atom. The molecule has 0 radical (unpaired) electrons. The van der Waals surface area contributed by atoms with E-state index in [0.717, 1.165) is 32.1 Å². The number of benzene rings is 2. The number of amides is 3. The molecule has 1 unspecified atom stereocenters. The van der Waals surface area contributed by atoms with Crippen LogP contribution in [0.4, 0.5) is 14.9 Å². The molecule has 1 atom stereocenters. The number of carbonyl (C=O) groups is 3. The Labute approximate surface area is 223 Å². The van der Waals surface area contributed by atoms with Gasteiger partial charge in [-0.2, -0.15) is 0 Å². The van der Waals surface area contributed by atoms with Crippen molar-refractivity contribution in [3.8, 4) is 0 Å². The van der Waals surface area contributed by atoms with Crippen molar-refractivity contribution < 1.29 is 23.5 Å². The monoisotopic (exact) mass is 529 g/mol. The number of carbonyl (C=O) groups excluding carboxylic acids is 3. The second-order valence-electron chi connectivity index (χ2n) is 10.2. The van der Waals surface area contributed by atoms with Crippen molar-refractivity contribution in [1.29, 1.82) is 0 Å². The summed E-state index contributed by atoms with van der Waals surface area (Å²) in [5, 5.41) is 5.69. The van der Waals surface area contributed by atoms with Gasteiger partial charge in [-0.25, -0.2) is 9.18 Å². The van der Waals surface area contributed by atoms with Crippen LogP contribution in [0.2, 0.25) is 0 Å². The number of halogens is 1. The second kappa shape index (κ2) is 12.9. The van der Waals surface area contributed by atoms with E-state index in [-0.39, 0.29) is 30.6 Å². The van der Waals surface area contributed by atoms with E-state index in [4.69, 9.17) is 4.74 Å². The van der Waals surface area contributed by atoms with Crippen molar-refractivity contribution in [3.63, 3.8) is 0 Å². The SMILES string of the molecule is CC(C)(C)OC(=O)NCCC(=O)N(c1cccc(F)c1)C(C(=O)NC1CCCCC1)c1ccccc1S. The van der Waals surface area contributed by atoms with Crippen molar-refractivity contribution in [2.24, 2.45) is 0 Å². The number of hydrogen-bond acceptors (Lipinski definition) is 5. The Morgan fingerprint density at radius 1 is 1.08 bits per heavy atom. The molecule has 0 spiro atoms. The van der Waals surface area contributed by atoms with Gasteiger partial charge in [-0.1, -0.05) is 43.5 Å². The Kier molecular flexibility index (Phi) is 9.97. The molecule has 2 N–H and O–H groups in total. The fourth-order valence-electron chi connectivity index (χ4n) is 4.41. The normalized spacial score (nSPS) is 14.9. The molecule has 3 rings (SSSR count). The summed E-state index contributed by atoms with van der Waals surface area (Å²) in [6.45, 7) is 5.22. The molecule has 1 aliphatic carbocycles. The van der Waals surface area contributed by atoms with Crippen LogP contribution in [-0.4, -0.2) is 36.1 Å². The van der Waals surface area contributed by atoms with Crippen molar-refractivity contribution in [2.75, 3.05) is 11.4 Å². The molecule has 1 saturated carbocycles. The minimum atomic E-state index is -1.08. The first-order chi connectivity index (χ1) is 17.5. The average Bonchev–Trinajstić information content (AvgIpc) is 2.82. The summed E-state index contributed by atoms with van der Waals surface area (Å²) < 4.78 is 19.5. The molecule has 2 aromatic rings. The average molecular weight is 530 g/mol. The van der Waals surface area contributed by atoms with Crippen LogP contribution in [0.15, 0.2) is 53.4 Å². The third-order valence-corrected chi connectivity index (χ3v) is 6.46. The van der Waals surface area contributed by atoms with Crippen molar-refractivity contribution >= 4 is 36.2 Å². The molecule has 1 aliphatic rings. The van der Waals surface area contributed by atoms with Crippen LogP contribution in [-0.2, 0) is 14.3 Å². The van der Waals surface area contributed by atoms with E-state index in [2.05, 4.69) is 23.3 Å². The smallest absolute Gasteiger partial charge is 0.407 e. The van der Waals surface area contributed by atoms with Gasteiger partial charge in [-0.3, -0.25) is 14.5 Å². The zero-order valence-corrected chi connectivity index (χ0v) is 22.5. The number of hydrogen-bond donors (Lipinski definition) is 3. The highest BCUT2D eigenvalue weighted by molar-refractivity contribution is 7.80. The van der Waals surface area contributed by atoms with Gasteiger partial charge in [0.1, 0.15) is 17.5 Å². The zero-order chi connectivity index (χ0) is 27.0. The topological polar surface area (TPSA) is 87.7 Å². The number of rotatable bonds is 8. The van der Waals surface area contributed by atoms with Crippen molar-refractivity contribution in [1.82, 2.24) is 10.6 Å². The molecule has 2 aromatic carbocycles. The van der Waals surface area contributed by atoms with E-state index in [1.807, 2.05) is 0 Å². The van der Waals surface area contributed by atoms with E-state index in [9.17, 15) is 18.8 Å². The molecule has 200 valence electrons. The fraction of sp³-hybridized carbons (Fsp3) is 0.464. The molecule has 0 saturated heterocycles. The summed E-state index contributed by atoms with van der Waals surface area (Å²) in [5.41, 5.74) is 0.0831. The summed E-state index contributed by atoms with van der Waals surface area (Å²) >= 11 is 4.56. The summed E-state index contributed by atoms with van der Waals surface area (Å²) in [6, 6.07) is 11.6. The third kappa shape index (κ3) is 8.49.